The van der Waals surface area contributed by atoms with Crippen LogP contribution in [0.1, 0.15) is 18.1 Å². The Hall–Kier alpha value is -1.10. The van der Waals surface area contributed by atoms with Crippen LogP contribution in [0.2, 0.25) is 0 Å². The van der Waals surface area contributed by atoms with E-state index in [4.69, 9.17) is 4.74 Å². The molecule has 82 valence electrons. The fourth-order valence-corrected chi connectivity index (χ4v) is 1.68. The van der Waals surface area contributed by atoms with Gasteiger partial charge in [-0.3, -0.25) is 0 Å². The van der Waals surface area contributed by atoms with Crippen molar-refractivity contribution in [2.75, 3.05) is 6.61 Å². The molecule has 0 bridgehead atoms. The minimum atomic E-state index is -2.41. The summed E-state index contributed by atoms with van der Waals surface area (Å²) in [5.74, 6) is -1.44. The number of halogens is 3. The molecular formula is C10H10F3NO. The van der Waals surface area contributed by atoms with Crippen LogP contribution >= 0.6 is 0 Å². The molecular weight excluding hydrogens is 207 g/mol. The van der Waals surface area contributed by atoms with Gasteiger partial charge in [-0.25, -0.2) is 13.8 Å². The summed E-state index contributed by atoms with van der Waals surface area (Å²) in [7, 11) is 0. The van der Waals surface area contributed by atoms with Crippen LogP contribution in [0.5, 0.6) is 0 Å². The Morgan fingerprint density at radius 3 is 2.87 bits per heavy atom. The molecule has 0 aliphatic carbocycles. The molecule has 2 rings (SSSR count). The molecule has 0 aromatic carbocycles. The largest absolute Gasteiger partial charge is 0.373 e. The first kappa shape index (κ1) is 10.4. The Labute approximate surface area is 85.1 Å². The maximum atomic E-state index is 13.2. The lowest BCUT2D eigenvalue weighted by Gasteiger charge is -2.09. The molecule has 15 heavy (non-hydrogen) atoms. The van der Waals surface area contributed by atoms with Gasteiger partial charge >= 0.3 is 0 Å². The average molecular weight is 217 g/mol. The van der Waals surface area contributed by atoms with Gasteiger partial charge in [-0.05, 0) is 12.5 Å². The van der Waals surface area contributed by atoms with Crippen LogP contribution in [0.15, 0.2) is 18.3 Å². The van der Waals surface area contributed by atoms with E-state index in [1.165, 1.54) is 12.3 Å². The van der Waals surface area contributed by atoms with Gasteiger partial charge < -0.3 is 4.74 Å². The molecule has 2 atom stereocenters. The van der Waals surface area contributed by atoms with Crippen LogP contribution in [-0.4, -0.2) is 18.0 Å². The van der Waals surface area contributed by atoms with Crippen LogP contribution in [-0.2, 0) is 4.74 Å². The van der Waals surface area contributed by atoms with Gasteiger partial charge in [-0.15, -0.1) is 0 Å². The molecule has 1 aromatic rings. The molecule has 0 saturated carbocycles. The second-order valence-corrected chi connectivity index (χ2v) is 3.54. The maximum Gasteiger partial charge on any atom is 0.243 e. The summed E-state index contributed by atoms with van der Waals surface area (Å²) in [6.45, 7) is -0.0172. The first-order valence-electron chi connectivity index (χ1n) is 4.68. The first-order chi connectivity index (χ1) is 7.18. The average Bonchev–Trinajstić information content (AvgIpc) is 2.67. The highest BCUT2D eigenvalue weighted by atomic mass is 19.3. The summed E-state index contributed by atoms with van der Waals surface area (Å²) in [5.41, 5.74) is 0.264. The number of alkyl halides is 2. The zero-order valence-corrected chi connectivity index (χ0v) is 7.87. The van der Waals surface area contributed by atoms with Crippen LogP contribution in [0.25, 0.3) is 0 Å². The summed E-state index contributed by atoms with van der Waals surface area (Å²) >= 11 is 0. The minimum Gasteiger partial charge on any atom is -0.373 e. The van der Waals surface area contributed by atoms with Crippen molar-refractivity contribution < 1.29 is 17.9 Å². The summed E-state index contributed by atoms with van der Waals surface area (Å²) in [6.07, 6.45) is -1.52. The molecule has 1 aliphatic heterocycles. The summed E-state index contributed by atoms with van der Waals surface area (Å²) in [4.78, 5) is 3.46. The van der Waals surface area contributed by atoms with E-state index in [1.807, 2.05) is 0 Å². The molecule has 2 unspecified atom stereocenters. The smallest absolute Gasteiger partial charge is 0.243 e. The quantitative estimate of drug-likeness (QED) is 0.710. The van der Waals surface area contributed by atoms with Gasteiger partial charge in [0.15, 0.2) is 0 Å². The fraction of sp³-hybridized carbons (Fsp3) is 0.500. The van der Waals surface area contributed by atoms with E-state index in [0.717, 1.165) is 0 Å². The normalized spacial score (nSPS) is 26.1. The first-order valence-corrected chi connectivity index (χ1v) is 4.68. The van der Waals surface area contributed by atoms with Gasteiger partial charge in [-0.1, -0.05) is 6.07 Å². The van der Waals surface area contributed by atoms with Crippen molar-refractivity contribution in [2.45, 2.75) is 19.0 Å². The molecule has 1 saturated heterocycles. The number of nitrogens with zero attached hydrogens (tertiary/aromatic N) is 1. The molecule has 2 nitrogen and oxygen atoms in total. The Morgan fingerprint density at radius 2 is 2.27 bits per heavy atom. The van der Waals surface area contributed by atoms with E-state index < -0.39 is 24.4 Å². The molecule has 1 fully saturated rings. The van der Waals surface area contributed by atoms with Crippen molar-refractivity contribution in [1.82, 2.24) is 4.98 Å². The van der Waals surface area contributed by atoms with E-state index in [1.54, 1.807) is 6.07 Å². The topological polar surface area (TPSA) is 22.1 Å². The molecule has 2 heterocycles. The lowest BCUT2D eigenvalue weighted by atomic mass is 10.0. The van der Waals surface area contributed by atoms with Gasteiger partial charge in [0.2, 0.25) is 12.4 Å². The standard InChI is InChI=1S/C10H10F3NO/c11-9(12)6-4-8(15-5-6)7-2-1-3-14-10(7)13/h1-3,6,8-9H,4-5H2. The third-order valence-corrected chi connectivity index (χ3v) is 2.52. The lowest BCUT2D eigenvalue weighted by molar-refractivity contribution is 0.0573. The molecule has 1 aromatic heterocycles. The van der Waals surface area contributed by atoms with Crippen molar-refractivity contribution in [2.24, 2.45) is 5.92 Å². The number of pyridine rings is 1. The second-order valence-electron chi connectivity index (χ2n) is 3.54. The van der Waals surface area contributed by atoms with Crippen LogP contribution in [0, 0.1) is 11.9 Å². The van der Waals surface area contributed by atoms with Crippen LogP contribution in [0.3, 0.4) is 0 Å². The monoisotopic (exact) mass is 217 g/mol. The second kappa shape index (κ2) is 4.18. The molecule has 0 N–H and O–H groups in total. The van der Waals surface area contributed by atoms with E-state index in [-0.39, 0.29) is 18.6 Å². The molecule has 0 radical (unpaired) electrons. The van der Waals surface area contributed by atoms with Crippen molar-refractivity contribution in [1.29, 1.82) is 0 Å². The van der Waals surface area contributed by atoms with E-state index in [2.05, 4.69) is 4.98 Å². The maximum absolute atomic E-state index is 13.2. The van der Waals surface area contributed by atoms with Crippen molar-refractivity contribution in [3.63, 3.8) is 0 Å². The summed E-state index contributed by atoms with van der Waals surface area (Å²) < 4.78 is 43.0. The Balaban J connectivity index is 2.11. The Kier molecular flexibility index (Phi) is 2.90. The van der Waals surface area contributed by atoms with Crippen LogP contribution < -0.4 is 0 Å². The highest BCUT2D eigenvalue weighted by Crippen LogP contribution is 2.35. The highest BCUT2D eigenvalue weighted by Gasteiger charge is 2.34. The van der Waals surface area contributed by atoms with Gasteiger partial charge in [0, 0.05) is 17.7 Å². The number of hydrogen-bond donors (Lipinski definition) is 0. The highest BCUT2D eigenvalue weighted by molar-refractivity contribution is 5.15. The van der Waals surface area contributed by atoms with E-state index in [0.29, 0.717) is 0 Å². The Morgan fingerprint density at radius 1 is 1.47 bits per heavy atom. The number of hydrogen-bond acceptors (Lipinski definition) is 2. The van der Waals surface area contributed by atoms with Gasteiger partial charge in [0.25, 0.3) is 0 Å². The molecule has 5 heteroatoms. The third kappa shape index (κ3) is 2.12. The van der Waals surface area contributed by atoms with E-state index >= 15 is 0 Å². The zero-order valence-electron chi connectivity index (χ0n) is 7.87. The number of aromatic nitrogens is 1. The Bertz CT molecular complexity index is 345. The lowest BCUT2D eigenvalue weighted by Crippen LogP contribution is -2.10. The fourth-order valence-electron chi connectivity index (χ4n) is 1.68. The van der Waals surface area contributed by atoms with Crippen molar-refractivity contribution in [3.8, 4) is 0 Å². The van der Waals surface area contributed by atoms with Gasteiger partial charge in [0.05, 0.1) is 12.7 Å². The summed E-state index contributed by atoms with van der Waals surface area (Å²) in [5, 5.41) is 0. The predicted octanol–water partition coefficient (Wildman–Crippen LogP) is 2.56. The van der Waals surface area contributed by atoms with Gasteiger partial charge in [0.1, 0.15) is 0 Å². The van der Waals surface area contributed by atoms with Crippen LogP contribution in [0.4, 0.5) is 13.2 Å². The SMILES string of the molecule is Fc1ncccc1C1CC(C(F)F)CO1. The summed E-state index contributed by atoms with van der Waals surface area (Å²) in [6, 6.07) is 3.08. The predicted molar refractivity (Wildman–Crippen MR) is 47.0 cm³/mol. The van der Waals surface area contributed by atoms with Crippen molar-refractivity contribution in [3.05, 3.63) is 29.8 Å². The number of ether oxygens (including phenoxy) is 1. The molecule has 0 amide bonds. The third-order valence-electron chi connectivity index (χ3n) is 2.52. The molecule has 1 aliphatic rings. The minimum absolute atomic E-state index is 0.0172. The number of rotatable bonds is 2. The van der Waals surface area contributed by atoms with E-state index in [9.17, 15) is 13.2 Å². The molecule has 0 spiro atoms. The van der Waals surface area contributed by atoms with Crippen molar-refractivity contribution >= 4 is 0 Å². The van der Waals surface area contributed by atoms with Gasteiger partial charge in [-0.2, -0.15) is 4.39 Å². The zero-order chi connectivity index (χ0) is 10.8.